The average molecular weight is 271 g/mol. The maximum atomic E-state index is 11.1. The number of hydrogen-bond acceptors (Lipinski definition) is 3. The lowest BCUT2D eigenvalue weighted by Crippen LogP contribution is -2.39. The molecule has 0 unspecified atom stereocenters. The van der Waals surface area contributed by atoms with E-state index in [1.165, 1.54) is 0 Å². The fraction of sp³-hybridized carbons (Fsp3) is 0.438. The van der Waals surface area contributed by atoms with Crippen molar-refractivity contribution in [3.05, 3.63) is 29.3 Å². The van der Waals surface area contributed by atoms with Gasteiger partial charge < -0.3 is 11.1 Å². The molecule has 2 rings (SSSR count). The highest BCUT2D eigenvalue weighted by atomic mass is 16.1. The van der Waals surface area contributed by atoms with Crippen LogP contribution in [-0.4, -0.2) is 36.5 Å². The van der Waals surface area contributed by atoms with E-state index in [1.54, 1.807) is 6.07 Å². The number of nitrogens with zero attached hydrogens (tertiary/aromatic N) is 1. The molecule has 0 bridgehead atoms. The maximum absolute atomic E-state index is 11.1. The average Bonchev–Trinajstić information content (AvgIpc) is 2.43. The van der Waals surface area contributed by atoms with Crippen molar-refractivity contribution in [1.82, 2.24) is 4.90 Å². The van der Waals surface area contributed by atoms with E-state index in [0.29, 0.717) is 11.6 Å². The summed E-state index contributed by atoms with van der Waals surface area (Å²) in [5.74, 6) is 2.30. The Morgan fingerprint density at radius 3 is 2.75 bits per heavy atom. The molecule has 1 aromatic carbocycles. The van der Waals surface area contributed by atoms with Gasteiger partial charge in [0.2, 0.25) is 5.91 Å². The molecule has 4 nitrogen and oxygen atoms in total. The molecular formula is C16H21N3O. The number of terminal acetylenes is 1. The second-order valence-electron chi connectivity index (χ2n) is 5.29. The maximum Gasteiger partial charge on any atom is 0.248 e. The first-order valence-corrected chi connectivity index (χ1v) is 6.93. The van der Waals surface area contributed by atoms with Crippen LogP contribution in [0.5, 0.6) is 0 Å². The van der Waals surface area contributed by atoms with Gasteiger partial charge in [0.25, 0.3) is 0 Å². The smallest absolute Gasteiger partial charge is 0.248 e. The van der Waals surface area contributed by atoms with Crippen molar-refractivity contribution in [2.24, 2.45) is 5.73 Å². The zero-order chi connectivity index (χ0) is 14.5. The number of hydrogen-bond donors (Lipinski definition) is 2. The molecule has 1 amide bonds. The van der Waals surface area contributed by atoms with Gasteiger partial charge in [-0.1, -0.05) is 5.92 Å². The first-order chi connectivity index (χ1) is 9.60. The second-order valence-corrected chi connectivity index (χ2v) is 5.29. The predicted molar refractivity (Wildman–Crippen MR) is 81.6 cm³/mol. The van der Waals surface area contributed by atoms with Gasteiger partial charge in [-0.25, -0.2) is 0 Å². The SMILES string of the molecule is C#CCN1CCC(Nc2ccc(C(N)=O)cc2C)CC1. The molecule has 0 atom stereocenters. The minimum Gasteiger partial charge on any atom is -0.382 e. The number of anilines is 1. The van der Waals surface area contributed by atoms with Gasteiger partial charge in [-0.3, -0.25) is 9.69 Å². The van der Waals surface area contributed by atoms with Gasteiger partial charge in [0, 0.05) is 30.4 Å². The molecule has 1 aromatic rings. The summed E-state index contributed by atoms with van der Waals surface area (Å²) in [6.07, 6.45) is 7.50. The Kier molecular flexibility index (Phi) is 4.65. The van der Waals surface area contributed by atoms with Crippen molar-refractivity contribution < 1.29 is 4.79 Å². The first kappa shape index (κ1) is 14.4. The molecule has 1 aliphatic heterocycles. The van der Waals surface area contributed by atoms with Gasteiger partial charge in [-0.15, -0.1) is 6.42 Å². The Morgan fingerprint density at radius 1 is 1.50 bits per heavy atom. The van der Waals surface area contributed by atoms with Crippen LogP contribution in [0.4, 0.5) is 5.69 Å². The second kappa shape index (κ2) is 6.44. The molecule has 106 valence electrons. The Hall–Kier alpha value is -1.99. The number of likely N-dealkylation sites (tertiary alicyclic amines) is 1. The molecule has 3 N–H and O–H groups in total. The molecule has 1 heterocycles. The highest BCUT2D eigenvalue weighted by molar-refractivity contribution is 5.93. The van der Waals surface area contributed by atoms with Crippen LogP contribution in [-0.2, 0) is 0 Å². The third-order valence-electron chi connectivity index (χ3n) is 3.77. The highest BCUT2D eigenvalue weighted by Gasteiger charge is 2.18. The number of benzene rings is 1. The Morgan fingerprint density at radius 2 is 2.20 bits per heavy atom. The standard InChI is InChI=1S/C16H21N3O/c1-3-8-19-9-6-14(7-10-19)18-15-5-4-13(16(17)20)11-12(15)2/h1,4-5,11,14,18H,6-10H2,2H3,(H2,17,20). The lowest BCUT2D eigenvalue weighted by atomic mass is 10.0. The van der Waals surface area contributed by atoms with Gasteiger partial charge in [-0.05, 0) is 43.5 Å². The molecule has 1 fully saturated rings. The van der Waals surface area contributed by atoms with Crippen LogP contribution in [0.1, 0.15) is 28.8 Å². The predicted octanol–water partition coefficient (Wildman–Crippen LogP) is 1.60. The number of amides is 1. The minimum absolute atomic E-state index is 0.387. The number of rotatable bonds is 4. The lowest BCUT2D eigenvalue weighted by Gasteiger charge is -2.32. The quantitative estimate of drug-likeness (QED) is 0.818. The van der Waals surface area contributed by atoms with E-state index in [1.807, 2.05) is 19.1 Å². The van der Waals surface area contributed by atoms with Crippen LogP contribution in [0.2, 0.25) is 0 Å². The number of piperidine rings is 1. The van der Waals surface area contributed by atoms with Crippen molar-refractivity contribution in [1.29, 1.82) is 0 Å². The van der Waals surface area contributed by atoms with Crippen molar-refractivity contribution in [3.8, 4) is 12.3 Å². The Balaban J connectivity index is 1.95. The molecule has 0 spiro atoms. The molecule has 0 aliphatic carbocycles. The van der Waals surface area contributed by atoms with E-state index in [-0.39, 0.29) is 5.91 Å². The van der Waals surface area contributed by atoms with Gasteiger partial charge in [0.05, 0.1) is 6.54 Å². The van der Waals surface area contributed by atoms with Crippen LogP contribution in [0.25, 0.3) is 0 Å². The number of carbonyl (C=O) groups is 1. The summed E-state index contributed by atoms with van der Waals surface area (Å²) < 4.78 is 0. The molecule has 20 heavy (non-hydrogen) atoms. The van der Waals surface area contributed by atoms with E-state index in [2.05, 4.69) is 16.1 Å². The van der Waals surface area contributed by atoms with E-state index < -0.39 is 0 Å². The molecule has 1 saturated heterocycles. The molecule has 0 aromatic heterocycles. The molecule has 4 heteroatoms. The molecular weight excluding hydrogens is 250 g/mol. The third kappa shape index (κ3) is 3.52. The van der Waals surface area contributed by atoms with Crippen molar-refractivity contribution >= 4 is 11.6 Å². The normalized spacial score (nSPS) is 16.6. The van der Waals surface area contributed by atoms with Crippen LogP contribution in [0.15, 0.2) is 18.2 Å². The third-order valence-corrected chi connectivity index (χ3v) is 3.77. The van der Waals surface area contributed by atoms with E-state index in [4.69, 9.17) is 12.2 Å². The summed E-state index contributed by atoms with van der Waals surface area (Å²) in [5, 5.41) is 3.55. The van der Waals surface area contributed by atoms with E-state index in [0.717, 1.165) is 43.7 Å². The molecule has 1 aliphatic rings. The summed E-state index contributed by atoms with van der Waals surface area (Å²) in [6.45, 7) is 4.78. The van der Waals surface area contributed by atoms with Crippen LogP contribution in [0, 0.1) is 19.3 Å². The Labute approximate surface area is 120 Å². The fourth-order valence-electron chi connectivity index (χ4n) is 2.56. The summed E-state index contributed by atoms with van der Waals surface area (Å²) in [7, 11) is 0. The number of nitrogens with two attached hydrogens (primary N) is 1. The van der Waals surface area contributed by atoms with Crippen LogP contribution >= 0.6 is 0 Å². The summed E-state index contributed by atoms with van der Waals surface area (Å²) in [6, 6.07) is 5.99. The zero-order valence-corrected chi connectivity index (χ0v) is 11.9. The number of carbonyl (C=O) groups excluding carboxylic acids is 1. The van der Waals surface area contributed by atoms with Crippen molar-refractivity contribution in [2.45, 2.75) is 25.8 Å². The minimum atomic E-state index is -0.387. The van der Waals surface area contributed by atoms with Gasteiger partial charge in [-0.2, -0.15) is 0 Å². The number of primary amides is 1. The topological polar surface area (TPSA) is 58.4 Å². The highest BCUT2D eigenvalue weighted by Crippen LogP contribution is 2.21. The van der Waals surface area contributed by atoms with Gasteiger partial charge >= 0.3 is 0 Å². The van der Waals surface area contributed by atoms with Crippen LogP contribution < -0.4 is 11.1 Å². The first-order valence-electron chi connectivity index (χ1n) is 6.93. The largest absolute Gasteiger partial charge is 0.382 e. The van der Waals surface area contributed by atoms with Gasteiger partial charge in [0.1, 0.15) is 0 Å². The summed E-state index contributed by atoms with van der Waals surface area (Å²) in [4.78, 5) is 13.4. The fourth-order valence-corrected chi connectivity index (χ4v) is 2.56. The summed E-state index contributed by atoms with van der Waals surface area (Å²) in [5.41, 5.74) is 7.96. The van der Waals surface area contributed by atoms with Crippen molar-refractivity contribution in [3.63, 3.8) is 0 Å². The number of nitrogens with one attached hydrogen (secondary N) is 1. The molecule has 0 saturated carbocycles. The van der Waals surface area contributed by atoms with Gasteiger partial charge in [0.15, 0.2) is 0 Å². The van der Waals surface area contributed by atoms with E-state index >= 15 is 0 Å². The number of aryl methyl sites for hydroxylation is 1. The Bertz CT molecular complexity index is 525. The monoisotopic (exact) mass is 271 g/mol. The van der Waals surface area contributed by atoms with Crippen molar-refractivity contribution in [2.75, 3.05) is 25.0 Å². The van der Waals surface area contributed by atoms with Crippen LogP contribution in [0.3, 0.4) is 0 Å². The molecule has 0 radical (unpaired) electrons. The van der Waals surface area contributed by atoms with E-state index in [9.17, 15) is 4.79 Å². The lowest BCUT2D eigenvalue weighted by molar-refractivity contribution is 0.1000. The summed E-state index contributed by atoms with van der Waals surface area (Å²) >= 11 is 0. The zero-order valence-electron chi connectivity index (χ0n) is 11.9.